The molecule has 0 saturated carbocycles. The molecular formula is C14H15BrN2O2. The predicted molar refractivity (Wildman–Crippen MR) is 79.8 cm³/mol. The Morgan fingerprint density at radius 2 is 2.11 bits per heavy atom. The highest BCUT2D eigenvalue weighted by atomic mass is 79.9. The molecule has 4 nitrogen and oxygen atoms in total. The molecule has 19 heavy (non-hydrogen) atoms. The van der Waals surface area contributed by atoms with Crippen molar-refractivity contribution < 1.29 is 9.94 Å². The van der Waals surface area contributed by atoms with Crippen molar-refractivity contribution in [3.05, 3.63) is 40.9 Å². The molecule has 0 radical (unpaired) electrons. The van der Waals surface area contributed by atoms with Crippen LogP contribution in [0.4, 0.5) is 0 Å². The summed E-state index contributed by atoms with van der Waals surface area (Å²) in [4.78, 5) is 0. The van der Waals surface area contributed by atoms with E-state index < -0.39 is 6.10 Å². The lowest BCUT2D eigenvalue weighted by atomic mass is 10.1. The third-order valence-electron chi connectivity index (χ3n) is 2.91. The van der Waals surface area contributed by atoms with Crippen molar-refractivity contribution in [2.24, 2.45) is 10.9 Å². The van der Waals surface area contributed by atoms with Crippen molar-refractivity contribution in [2.75, 3.05) is 0 Å². The summed E-state index contributed by atoms with van der Waals surface area (Å²) in [6, 6.07) is 11.9. The number of halogens is 1. The molecule has 3 N–H and O–H groups in total. The number of benzene rings is 2. The van der Waals surface area contributed by atoms with Gasteiger partial charge in [-0.1, -0.05) is 42.4 Å². The van der Waals surface area contributed by atoms with Crippen molar-refractivity contribution in [2.45, 2.75) is 19.4 Å². The molecule has 100 valence electrons. The lowest BCUT2D eigenvalue weighted by molar-refractivity contribution is 0.245. The van der Waals surface area contributed by atoms with Crippen LogP contribution in [0.1, 0.15) is 13.3 Å². The molecule has 0 aliphatic heterocycles. The molecule has 0 bridgehead atoms. The van der Waals surface area contributed by atoms with Gasteiger partial charge < -0.3 is 15.7 Å². The number of oxime groups is 1. The van der Waals surface area contributed by atoms with Gasteiger partial charge in [0.05, 0.1) is 4.47 Å². The summed E-state index contributed by atoms with van der Waals surface area (Å²) in [7, 11) is 0. The Hall–Kier alpha value is -1.75. The summed E-state index contributed by atoms with van der Waals surface area (Å²) in [6.07, 6.45) is 0.178. The van der Waals surface area contributed by atoms with Crippen molar-refractivity contribution in [3.8, 4) is 5.75 Å². The van der Waals surface area contributed by atoms with E-state index in [1.165, 1.54) is 0 Å². The fourth-order valence-corrected chi connectivity index (χ4v) is 2.46. The average Bonchev–Trinajstić information content (AvgIpc) is 2.46. The summed E-state index contributed by atoms with van der Waals surface area (Å²) < 4.78 is 6.66. The Balaban J connectivity index is 2.38. The molecule has 2 rings (SSSR count). The third kappa shape index (κ3) is 2.81. The van der Waals surface area contributed by atoms with Crippen LogP contribution in [0.15, 0.2) is 46.0 Å². The number of amidine groups is 1. The molecule has 0 aliphatic rings. The molecule has 1 atom stereocenters. The normalized spacial score (nSPS) is 13.5. The maximum atomic E-state index is 8.73. The fourth-order valence-electron chi connectivity index (χ4n) is 1.88. The number of nitrogens with two attached hydrogens (primary N) is 1. The fraction of sp³-hybridized carbons (Fsp3) is 0.214. The molecule has 1 unspecified atom stereocenters. The standard InChI is InChI=1S/C14H15BrN2O2/c1-2-11(14(16)17-18)19-12-8-7-9-5-3-4-6-10(9)13(12)15/h3-8,11,18H,2H2,1H3,(H2,16,17). The van der Waals surface area contributed by atoms with Gasteiger partial charge in [-0.2, -0.15) is 0 Å². The summed E-state index contributed by atoms with van der Waals surface area (Å²) in [6.45, 7) is 1.91. The zero-order valence-corrected chi connectivity index (χ0v) is 12.1. The minimum absolute atomic E-state index is 0.0718. The van der Waals surface area contributed by atoms with Gasteiger partial charge >= 0.3 is 0 Å². The molecule has 2 aromatic rings. The van der Waals surface area contributed by atoms with Crippen LogP contribution in [0.3, 0.4) is 0 Å². The largest absolute Gasteiger partial charge is 0.481 e. The van der Waals surface area contributed by atoms with Gasteiger partial charge in [0.15, 0.2) is 11.9 Å². The zero-order chi connectivity index (χ0) is 13.8. The van der Waals surface area contributed by atoms with Gasteiger partial charge in [0.1, 0.15) is 5.75 Å². The first-order valence-corrected chi connectivity index (χ1v) is 6.78. The number of rotatable bonds is 4. The van der Waals surface area contributed by atoms with Crippen LogP contribution in [0.25, 0.3) is 10.8 Å². The minimum Gasteiger partial charge on any atom is -0.481 e. The van der Waals surface area contributed by atoms with Crippen molar-refractivity contribution in [1.82, 2.24) is 0 Å². The van der Waals surface area contributed by atoms with Crippen LogP contribution in [0.2, 0.25) is 0 Å². The highest BCUT2D eigenvalue weighted by Crippen LogP contribution is 2.33. The molecule has 0 aliphatic carbocycles. The lowest BCUT2D eigenvalue weighted by Crippen LogP contribution is -2.33. The van der Waals surface area contributed by atoms with Gasteiger partial charge in [0, 0.05) is 0 Å². The predicted octanol–water partition coefficient (Wildman–Crippen LogP) is 3.51. The second-order valence-corrected chi connectivity index (χ2v) is 4.93. The van der Waals surface area contributed by atoms with E-state index in [1.54, 1.807) is 0 Å². The Labute approximate surface area is 120 Å². The quantitative estimate of drug-likeness (QED) is 0.392. The second kappa shape index (κ2) is 5.93. The molecule has 0 amide bonds. The van der Waals surface area contributed by atoms with Crippen molar-refractivity contribution in [3.63, 3.8) is 0 Å². The molecule has 0 heterocycles. The topological polar surface area (TPSA) is 67.8 Å². The van der Waals surface area contributed by atoms with Crippen molar-refractivity contribution >= 4 is 32.5 Å². The average molecular weight is 323 g/mol. The first-order chi connectivity index (χ1) is 9.17. The summed E-state index contributed by atoms with van der Waals surface area (Å²) in [5.74, 6) is 0.750. The third-order valence-corrected chi connectivity index (χ3v) is 3.73. The van der Waals surface area contributed by atoms with Gasteiger partial charge in [0.2, 0.25) is 0 Å². The van der Waals surface area contributed by atoms with Crippen LogP contribution in [0.5, 0.6) is 5.75 Å². The van der Waals surface area contributed by atoms with Gasteiger partial charge in [-0.15, -0.1) is 0 Å². The Bertz CT molecular complexity index is 613. The molecule has 2 aromatic carbocycles. The van der Waals surface area contributed by atoms with E-state index >= 15 is 0 Å². The molecule has 5 heteroatoms. The molecule has 0 saturated heterocycles. The molecular weight excluding hydrogens is 308 g/mol. The Kier molecular flexibility index (Phi) is 4.27. The van der Waals surface area contributed by atoms with Crippen LogP contribution in [0, 0.1) is 0 Å². The van der Waals surface area contributed by atoms with E-state index in [2.05, 4.69) is 21.1 Å². The number of hydrogen-bond donors (Lipinski definition) is 2. The maximum absolute atomic E-state index is 8.73. The smallest absolute Gasteiger partial charge is 0.180 e. The molecule has 0 spiro atoms. The molecule has 0 fully saturated rings. The number of ether oxygens (including phenoxy) is 1. The van der Waals surface area contributed by atoms with E-state index in [1.807, 2.05) is 43.3 Å². The number of hydrogen-bond acceptors (Lipinski definition) is 3. The first kappa shape index (κ1) is 13.7. The SMILES string of the molecule is CCC(Oc1ccc2ccccc2c1Br)C(N)=NO. The minimum atomic E-state index is -0.442. The first-order valence-electron chi connectivity index (χ1n) is 5.98. The highest BCUT2D eigenvalue weighted by Gasteiger charge is 2.16. The van der Waals surface area contributed by atoms with Gasteiger partial charge in [-0.3, -0.25) is 0 Å². The summed E-state index contributed by atoms with van der Waals surface area (Å²) in [5.41, 5.74) is 5.60. The van der Waals surface area contributed by atoms with E-state index in [4.69, 9.17) is 15.7 Å². The second-order valence-electron chi connectivity index (χ2n) is 4.14. The maximum Gasteiger partial charge on any atom is 0.180 e. The van der Waals surface area contributed by atoms with E-state index in [0.717, 1.165) is 15.2 Å². The lowest BCUT2D eigenvalue weighted by Gasteiger charge is -2.17. The number of fused-ring (bicyclic) bond motifs is 1. The summed E-state index contributed by atoms with van der Waals surface area (Å²) in [5, 5.41) is 13.9. The van der Waals surface area contributed by atoms with Crippen LogP contribution in [-0.4, -0.2) is 17.1 Å². The monoisotopic (exact) mass is 322 g/mol. The Morgan fingerprint density at radius 3 is 2.79 bits per heavy atom. The van der Waals surface area contributed by atoms with Gasteiger partial charge in [-0.25, -0.2) is 0 Å². The van der Waals surface area contributed by atoms with Gasteiger partial charge in [-0.05, 0) is 39.2 Å². The van der Waals surface area contributed by atoms with Crippen molar-refractivity contribution in [1.29, 1.82) is 0 Å². The van der Waals surface area contributed by atoms with Crippen LogP contribution < -0.4 is 10.5 Å². The zero-order valence-electron chi connectivity index (χ0n) is 10.5. The summed E-state index contributed by atoms with van der Waals surface area (Å²) >= 11 is 3.54. The Morgan fingerprint density at radius 1 is 1.37 bits per heavy atom. The van der Waals surface area contributed by atoms with E-state index in [-0.39, 0.29) is 5.84 Å². The van der Waals surface area contributed by atoms with Crippen LogP contribution >= 0.6 is 15.9 Å². The van der Waals surface area contributed by atoms with Gasteiger partial charge in [0.25, 0.3) is 0 Å². The highest BCUT2D eigenvalue weighted by molar-refractivity contribution is 9.10. The van der Waals surface area contributed by atoms with E-state index in [0.29, 0.717) is 12.2 Å². The van der Waals surface area contributed by atoms with Crippen LogP contribution in [-0.2, 0) is 0 Å². The number of nitrogens with zero attached hydrogens (tertiary/aromatic N) is 1. The molecule has 0 aromatic heterocycles. The van der Waals surface area contributed by atoms with E-state index in [9.17, 15) is 0 Å².